The van der Waals surface area contributed by atoms with E-state index in [9.17, 15) is 0 Å². The molecule has 1 aromatic heterocycles. The highest BCUT2D eigenvalue weighted by Crippen LogP contribution is 2.45. The van der Waals surface area contributed by atoms with E-state index >= 15 is 0 Å². The lowest BCUT2D eigenvalue weighted by atomic mass is 10.1. The molecule has 1 saturated carbocycles. The van der Waals surface area contributed by atoms with Crippen LogP contribution in [0.25, 0.3) is 11.3 Å². The molecule has 0 saturated heterocycles. The van der Waals surface area contributed by atoms with Crippen LogP contribution in [0.3, 0.4) is 0 Å². The molecule has 0 spiro atoms. The first-order valence-electron chi connectivity index (χ1n) is 10.8. The lowest BCUT2D eigenvalue weighted by molar-refractivity contribution is 0.0573. The van der Waals surface area contributed by atoms with Gasteiger partial charge in [-0.05, 0) is 56.0 Å². The minimum Gasteiger partial charge on any atom is -0.376 e. The molecule has 0 aliphatic heterocycles. The third-order valence-electron chi connectivity index (χ3n) is 6.10. The van der Waals surface area contributed by atoms with E-state index in [-0.39, 0.29) is 12.1 Å². The van der Waals surface area contributed by atoms with Crippen molar-refractivity contribution in [3.05, 3.63) is 75.0 Å². The third kappa shape index (κ3) is 4.05. The smallest absolute Gasteiger partial charge is 0.148 e. The molecule has 5 rings (SSSR count). The SMILES string of the molecule is CCO[C@H]1Cc2ccccc2C1Nc1nc(C2CC2)c(-c2ccc(Cl)cc2Cl)nc1C. The highest BCUT2D eigenvalue weighted by molar-refractivity contribution is 6.36. The average molecular weight is 454 g/mol. The Morgan fingerprint density at radius 3 is 2.65 bits per heavy atom. The van der Waals surface area contributed by atoms with Crippen molar-refractivity contribution in [3.63, 3.8) is 0 Å². The molecule has 0 amide bonds. The normalized spacial score (nSPS) is 20.0. The topological polar surface area (TPSA) is 47.0 Å². The van der Waals surface area contributed by atoms with Gasteiger partial charge in [0.1, 0.15) is 5.82 Å². The number of hydrogen-bond acceptors (Lipinski definition) is 4. The van der Waals surface area contributed by atoms with E-state index in [1.54, 1.807) is 6.07 Å². The fraction of sp³-hybridized carbons (Fsp3) is 0.360. The Morgan fingerprint density at radius 1 is 1.10 bits per heavy atom. The number of benzene rings is 2. The van der Waals surface area contributed by atoms with Crippen LogP contribution in [0.4, 0.5) is 5.82 Å². The number of aryl methyl sites for hydroxylation is 1. The molecule has 1 fully saturated rings. The highest BCUT2D eigenvalue weighted by Gasteiger charge is 2.35. The number of ether oxygens (including phenoxy) is 1. The predicted molar refractivity (Wildman–Crippen MR) is 126 cm³/mol. The molecule has 31 heavy (non-hydrogen) atoms. The minimum absolute atomic E-state index is 0.0566. The molecule has 2 atom stereocenters. The highest BCUT2D eigenvalue weighted by atomic mass is 35.5. The summed E-state index contributed by atoms with van der Waals surface area (Å²) in [5.41, 5.74) is 6.21. The zero-order valence-electron chi connectivity index (χ0n) is 17.7. The third-order valence-corrected chi connectivity index (χ3v) is 6.65. The Balaban J connectivity index is 1.54. The van der Waals surface area contributed by atoms with Gasteiger partial charge in [0.2, 0.25) is 0 Å². The summed E-state index contributed by atoms with van der Waals surface area (Å²) in [7, 11) is 0. The number of fused-ring (bicyclic) bond motifs is 1. The van der Waals surface area contributed by atoms with Crippen molar-refractivity contribution in [2.24, 2.45) is 0 Å². The number of hydrogen-bond donors (Lipinski definition) is 1. The van der Waals surface area contributed by atoms with Gasteiger partial charge in [-0.25, -0.2) is 9.97 Å². The maximum atomic E-state index is 6.52. The van der Waals surface area contributed by atoms with Crippen LogP contribution in [0.5, 0.6) is 0 Å². The number of anilines is 1. The Morgan fingerprint density at radius 2 is 1.90 bits per heavy atom. The molecule has 4 nitrogen and oxygen atoms in total. The first-order chi connectivity index (χ1) is 15.0. The van der Waals surface area contributed by atoms with Gasteiger partial charge in [-0.1, -0.05) is 47.5 Å². The Hall–Kier alpha value is -2.14. The van der Waals surface area contributed by atoms with Crippen LogP contribution in [-0.2, 0) is 11.2 Å². The van der Waals surface area contributed by atoms with E-state index in [1.165, 1.54) is 11.1 Å². The van der Waals surface area contributed by atoms with Crippen LogP contribution in [0.2, 0.25) is 10.0 Å². The van der Waals surface area contributed by atoms with E-state index in [1.807, 2.05) is 26.0 Å². The predicted octanol–water partition coefficient (Wildman–Crippen LogP) is 6.75. The van der Waals surface area contributed by atoms with Gasteiger partial charge in [0.15, 0.2) is 0 Å². The first-order valence-corrected chi connectivity index (χ1v) is 11.6. The zero-order valence-corrected chi connectivity index (χ0v) is 19.2. The van der Waals surface area contributed by atoms with Crippen LogP contribution in [0.1, 0.15) is 54.2 Å². The van der Waals surface area contributed by atoms with E-state index < -0.39 is 0 Å². The van der Waals surface area contributed by atoms with Gasteiger partial charge >= 0.3 is 0 Å². The number of halogens is 2. The van der Waals surface area contributed by atoms with Crippen molar-refractivity contribution in [3.8, 4) is 11.3 Å². The van der Waals surface area contributed by atoms with Gasteiger partial charge in [-0.15, -0.1) is 0 Å². The van der Waals surface area contributed by atoms with Crippen molar-refractivity contribution >= 4 is 29.0 Å². The summed E-state index contributed by atoms with van der Waals surface area (Å²) in [5.74, 6) is 1.25. The molecule has 1 N–H and O–H groups in total. The maximum absolute atomic E-state index is 6.52. The number of rotatable bonds is 6. The van der Waals surface area contributed by atoms with Crippen LogP contribution in [-0.4, -0.2) is 22.7 Å². The van der Waals surface area contributed by atoms with Gasteiger partial charge in [0.25, 0.3) is 0 Å². The van der Waals surface area contributed by atoms with Gasteiger partial charge in [-0.2, -0.15) is 0 Å². The monoisotopic (exact) mass is 453 g/mol. The zero-order chi connectivity index (χ0) is 21.5. The van der Waals surface area contributed by atoms with E-state index in [4.69, 9.17) is 37.9 Å². The number of nitrogens with one attached hydrogen (secondary N) is 1. The summed E-state index contributed by atoms with van der Waals surface area (Å²) in [4.78, 5) is 10.1. The molecule has 0 radical (unpaired) electrons. The van der Waals surface area contributed by atoms with Gasteiger partial charge in [0.05, 0.1) is 34.3 Å². The Labute approximate surface area is 193 Å². The van der Waals surface area contributed by atoms with E-state index in [2.05, 4.69) is 29.6 Å². The van der Waals surface area contributed by atoms with Crippen molar-refractivity contribution in [2.45, 2.75) is 51.2 Å². The fourth-order valence-electron chi connectivity index (χ4n) is 4.44. The van der Waals surface area contributed by atoms with Crippen molar-refractivity contribution in [1.82, 2.24) is 9.97 Å². The van der Waals surface area contributed by atoms with Crippen molar-refractivity contribution < 1.29 is 4.74 Å². The summed E-state index contributed by atoms with van der Waals surface area (Å²) >= 11 is 12.6. The molecule has 160 valence electrons. The van der Waals surface area contributed by atoms with Crippen LogP contribution in [0.15, 0.2) is 42.5 Å². The number of aromatic nitrogens is 2. The Bertz CT molecular complexity index is 1130. The quantitative estimate of drug-likeness (QED) is 0.448. The van der Waals surface area contributed by atoms with Gasteiger partial charge in [0, 0.05) is 29.5 Å². The van der Waals surface area contributed by atoms with Crippen LogP contribution >= 0.6 is 23.2 Å². The number of nitrogens with zero attached hydrogens (tertiary/aromatic N) is 2. The minimum atomic E-state index is 0.0566. The summed E-state index contributed by atoms with van der Waals surface area (Å²) in [6, 6.07) is 14.1. The molecule has 2 aromatic carbocycles. The summed E-state index contributed by atoms with van der Waals surface area (Å²) in [5, 5.41) is 4.89. The molecule has 3 aromatic rings. The summed E-state index contributed by atoms with van der Waals surface area (Å²) < 4.78 is 6.08. The van der Waals surface area contributed by atoms with E-state index in [0.29, 0.717) is 22.6 Å². The summed E-state index contributed by atoms with van der Waals surface area (Å²) in [6.45, 7) is 4.72. The van der Waals surface area contributed by atoms with Crippen molar-refractivity contribution in [1.29, 1.82) is 0 Å². The lowest BCUT2D eigenvalue weighted by Gasteiger charge is -2.24. The molecule has 6 heteroatoms. The van der Waals surface area contributed by atoms with Crippen LogP contribution in [0, 0.1) is 6.92 Å². The second-order valence-corrected chi connectivity index (χ2v) is 9.15. The first kappa shape index (κ1) is 20.7. The van der Waals surface area contributed by atoms with Crippen LogP contribution < -0.4 is 5.32 Å². The lowest BCUT2D eigenvalue weighted by Crippen LogP contribution is -2.26. The van der Waals surface area contributed by atoms with Crippen molar-refractivity contribution in [2.75, 3.05) is 11.9 Å². The molecular formula is C25H25Cl2N3O. The average Bonchev–Trinajstić information content (AvgIpc) is 3.53. The van der Waals surface area contributed by atoms with Gasteiger partial charge < -0.3 is 10.1 Å². The standard InChI is InChI=1S/C25H25Cl2N3O/c1-3-31-21-12-16-6-4-5-7-18(16)23(21)30-25-14(2)28-24(22(29-25)15-8-9-15)19-11-10-17(26)13-20(19)27/h4-7,10-11,13,15,21,23H,3,8-9,12H2,1-2H3,(H,29,30)/t21-,23?/m0/s1. The largest absolute Gasteiger partial charge is 0.376 e. The fourth-order valence-corrected chi connectivity index (χ4v) is 4.93. The molecule has 0 bridgehead atoms. The molecule has 2 aliphatic rings. The van der Waals surface area contributed by atoms with E-state index in [0.717, 1.165) is 47.7 Å². The maximum Gasteiger partial charge on any atom is 0.148 e. The second-order valence-electron chi connectivity index (χ2n) is 8.31. The molecule has 1 unspecified atom stereocenters. The second kappa shape index (κ2) is 8.42. The van der Waals surface area contributed by atoms with Gasteiger partial charge in [-0.3, -0.25) is 0 Å². The Kier molecular flexibility index (Phi) is 5.63. The molecular weight excluding hydrogens is 429 g/mol. The molecule has 2 aliphatic carbocycles. The molecule has 1 heterocycles. The summed E-state index contributed by atoms with van der Waals surface area (Å²) in [6.07, 6.45) is 3.24.